The molecule has 66 valence electrons. The summed E-state index contributed by atoms with van der Waals surface area (Å²) in [4.78, 5) is 21.9. The molecule has 1 saturated heterocycles. The van der Waals surface area contributed by atoms with Crippen molar-refractivity contribution in [1.29, 1.82) is 0 Å². The van der Waals surface area contributed by atoms with Crippen LogP contribution < -0.4 is 0 Å². The molecule has 0 saturated carbocycles. The van der Waals surface area contributed by atoms with Crippen molar-refractivity contribution in [2.24, 2.45) is 5.92 Å². The van der Waals surface area contributed by atoms with Crippen LogP contribution in [-0.4, -0.2) is 29.4 Å². The zero-order valence-corrected chi connectivity index (χ0v) is 6.74. The normalized spacial score (nSPS) is 25.8. The van der Waals surface area contributed by atoms with Gasteiger partial charge in [-0.25, -0.2) is 0 Å². The topological polar surface area (TPSA) is 63.6 Å². The minimum atomic E-state index is -0.838. The van der Waals surface area contributed by atoms with E-state index in [4.69, 9.17) is 9.84 Å². The van der Waals surface area contributed by atoms with Crippen molar-refractivity contribution in [2.75, 3.05) is 6.61 Å². The van der Waals surface area contributed by atoms with Crippen LogP contribution in [0.4, 0.5) is 0 Å². The summed E-state index contributed by atoms with van der Waals surface area (Å²) in [6, 6.07) is 0. The van der Waals surface area contributed by atoms with E-state index >= 15 is 0 Å². The molecule has 1 fully saturated rings. The number of ether oxygens (including phenoxy) is 1. The molecule has 0 amide bonds. The fourth-order valence-electron chi connectivity index (χ4n) is 0.997. The lowest BCUT2D eigenvalue weighted by atomic mass is 10.0. The second-order valence-electron chi connectivity index (χ2n) is 2.81. The summed E-state index contributed by atoms with van der Waals surface area (Å²) >= 11 is 0. The Labute approximate surface area is 69.8 Å². The molecule has 0 radical (unpaired) electrons. The van der Waals surface area contributed by atoms with Gasteiger partial charge >= 0.3 is 0 Å². The first-order valence-corrected chi connectivity index (χ1v) is 3.63. The van der Waals surface area contributed by atoms with Crippen LogP contribution in [-0.2, 0) is 14.3 Å². The molecule has 0 aliphatic carbocycles. The number of ketones is 2. The summed E-state index contributed by atoms with van der Waals surface area (Å²) in [5.74, 6) is -1.77. The van der Waals surface area contributed by atoms with E-state index in [2.05, 4.69) is 6.58 Å². The van der Waals surface area contributed by atoms with Crippen LogP contribution in [0.25, 0.3) is 0 Å². The van der Waals surface area contributed by atoms with E-state index in [1.165, 1.54) is 0 Å². The monoisotopic (exact) mass is 170 g/mol. The predicted octanol–water partition coefficient (Wildman–Crippen LogP) is -0.335. The van der Waals surface area contributed by atoms with Crippen molar-refractivity contribution in [3.05, 3.63) is 12.3 Å². The Morgan fingerprint density at radius 2 is 2.25 bits per heavy atom. The van der Waals surface area contributed by atoms with Gasteiger partial charge in [-0.3, -0.25) is 9.59 Å². The number of aliphatic hydroxyl groups is 1. The van der Waals surface area contributed by atoms with Crippen LogP contribution in [0.15, 0.2) is 12.3 Å². The third-order valence-electron chi connectivity index (χ3n) is 1.81. The van der Waals surface area contributed by atoms with Crippen LogP contribution in [0.5, 0.6) is 0 Å². The van der Waals surface area contributed by atoms with Gasteiger partial charge in [0.15, 0.2) is 11.9 Å². The molecule has 4 heteroatoms. The Balaban J connectivity index is 2.78. The van der Waals surface area contributed by atoms with Gasteiger partial charge in [0.2, 0.25) is 5.78 Å². The highest BCUT2D eigenvalue weighted by atomic mass is 16.5. The van der Waals surface area contributed by atoms with E-state index in [9.17, 15) is 9.59 Å². The molecule has 2 unspecified atom stereocenters. The van der Waals surface area contributed by atoms with Crippen molar-refractivity contribution in [3.8, 4) is 0 Å². The van der Waals surface area contributed by atoms with Crippen LogP contribution in [0, 0.1) is 5.92 Å². The standard InChI is InChI=1S/C8H10O4/c1-4(3-9)8-7(11)6(10)5(2)12-8/h4,8-9H,2-3H2,1H3. The number of hydrogen-bond acceptors (Lipinski definition) is 4. The van der Waals surface area contributed by atoms with E-state index in [-0.39, 0.29) is 18.3 Å². The van der Waals surface area contributed by atoms with Crippen LogP contribution >= 0.6 is 0 Å². The summed E-state index contributed by atoms with van der Waals surface area (Å²) in [7, 11) is 0. The molecule has 1 N–H and O–H groups in total. The lowest BCUT2D eigenvalue weighted by Crippen LogP contribution is -2.29. The SMILES string of the molecule is C=C1OC(C(C)CO)C(=O)C1=O. The lowest BCUT2D eigenvalue weighted by Gasteiger charge is -2.13. The molecule has 0 spiro atoms. The number of hydrogen-bond donors (Lipinski definition) is 1. The van der Waals surface area contributed by atoms with E-state index in [1.54, 1.807) is 6.92 Å². The molecule has 0 aromatic heterocycles. The summed E-state index contributed by atoms with van der Waals surface area (Å²) in [5.41, 5.74) is 0. The summed E-state index contributed by atoms with van der Waals surface area (Å²) in [5, 5.41) is 8.71. The molecule has 1 heterocycles. The molecule has 0 aromatic carbocycles. The summed E-state index contributed by atoms with van der Waals surface area (Å²) in [6.45, 7) is 4.73. The van der Waals surface area contributed by atoms with Crippen LogP contribution in [0.1, 0.15) is 6.92 Å². The molecule has 2 atom stereocenters. The number of carbonyl (C=O) groups is 2. The van der Waals surface area contributed by atoms with Gasteiger partial charge in [0.1, 0.15) is 0 Å². The number of allylic oxidation sites excluding steroid dienone is 1. The maximum Gasteiger partial charge on any atom is 0.266 e. The molecule has 0 aromatic rings. The zero-order valence-electron chi connectivity index (χ0n) is 6.74. The smallest absolute Gasteiger partial charge is 0.266 e. The van der Waals surface area contributed by atoms with Gasteiger partial charge < -0.3 is 9.84 Å². The molecular formula is C8H10O4. The van der Waals surface area contributed by atoms with E-state index in [0.29, 0.717) is 0 Å². The first-order valence-electron chi connectivity index (χ1n) is 3.63. The largest absolute Gasteiger partial charge is 0.478 e. The van der Waals surface area contributed by atoms with Crippen molar-refractivity contribution < 1.29 is 19.4 Å². The highest BCUT2D eigenvalue weighted by Crippen LogP contribution is 2.20. The fourth-order valence-corrected chi connectivity index (χ4v) is 0.997. The third-order valence-corrected chi connectivity index (χ3v) is 1.81. The lowest BCUT2D eigenvalue weighted by molar-refractivity contribution is -0.135. The minimum absolute atomic E-state index is 0.120. The maximum atomic E-state index is 11.1. The van der Waals surface area contributed by atoms with E-state index in [0.717, 1.165) is 0 Å². The fraction of sp³-hybridized carbons (Fsp3) is 0.500. The Morgan fingerprint density at radius 3 is 2.58 bits per heavy atom. The van der Waals surface area contributed by atoms with Crippen LogP contribution in [0.2, 0.25) is 0 Å². The number of Topliss-reactive ketones (excluding diaryl/α,β-unsaturated/α-hetero) is 2. The van der Waals surface area contributed by atoms with Gasteiger partial charge in [-0.2, -0.15) is 0 Å². The van der Waals surface area contributed by atoms with Crippen LogP contribution in [0.3, 0.4) is 0 Å². The van der Waals surface area contributed by atoms with Gasteiger partial charge in [-0.05, 0) is 0 Å². The Kier molecular flexibility index (Phi) is 2.28. The highest BCUT2D eigenvalue weighted by Gasteiger charge is 2.40. The number of rotatable bonds is 2. The van der Waals surface area contributed by atoms with Gasteiger partial charge in [0.25, 0.3) is 5.78 Å². The van der Waals surface area contributed by atoms with Crippen molar-refractivity contribution in [3.63, 3.8) is 0 Å². The first-order chi connectivity index (χ1) is 5.57. The van der Waals surface area contributed by atoms with Gasteiger partial charge in [-0.15, -0.1) is 0 Å². The Bertz CT molecular complexity index is 243. The second-order valence-corrected chi connectivity index (χ2v) is 2.81. The van der Waals surface area contributed by atoms with Crippen molar-refractivity contribution in [1.82, 2.24) is 0 Å². The minimum Gasteiger partial charge on any atom is -0.478 e. The molecule has 1 rings (SSSR count). The van der Waals surface area contributed by atoms with Crippen molar-refractivity contribution >= 4 is 11.6 Å². The Morgan fingerprint density at radius 1 is 1.67 bits per heavy atom. The van der Waals surface area contributed by atoms with Crippen molar-refractivity contribution in [2.45, 2.75) is 13.0 Å². The molecule has 4 nitrogen and oxygen atoms in total. The quantitative estimate of drug-likeness (QED) is 0.455. The molecule has 1 aliphatic heterocycles. The molecule has 1 aliphatic rings. The Hall–Kier alpha value is -1.16. The van der Waals surface area contributed by atoms with Gasteiger partial charge in [0.05, 0.1) is 0 Å². The summed E-state index contributed by atoms with van der Waals surface area (Å²) < 4.78 is 4.88. The number of carbonyl (C=O) groups excluding carboxylic acids is 2. The first kappa shape index (κ1) is 8.93. The van der Waals surface area contributed by atoms with Gasteiger partial charge in [-0.1, -0.05) is 13.5 Å². The average Bonchev–Trinajstić information content (AvgIpc) is 2.32. The second kappa shape index (κ2) is 3.06. The predicted molar refractivity (Wildman–Crippen MR) is 40.3 cm³/mol. The highest BCUT2D eigenvalue weighted by molar-refractivity contribution is 6.46. The average molecular weight is 170 g/mol. The van der Waals surface area contributed by atoms with E-state index in [1.807, 2.05) is 0 Å². The molecule has 12 heavy (non-hydrogen) atoms. The third kappa shape index (κ3) is 1.25. The van der Waals surface area contributed by atoms with Gasteiger partial charge in [0, 0.05) is 12.5 Å². The molecular weight excluding hydrogens is 160 g/mol. The number of aliphatic hydroxyl groups excluding tert-OH is 1. The maximum absolute atomic E-state index is 11.1. The zero-order chi connectivity index (χ0) is 9.30. The molecule has 0 bridgehead atoms. The summed E-state index contributed by atoms with van der Waals surface area (Å²) in [6.07, 6.45) is -0.838. The van der Waals surface area contributed by atoms with E-state index < -0.39 is 17.7 Å².